The van der Waals surface area contributed by atoms with Gasteiger partial charge in [0.05, 0.1) is 17.8 Å². The van der Waals surface area contributed by atoms with Gasteiger partial charge in [-0.15, -0.1) is 0 Å². The molecule has 10 heteroatoms. The first-order valence-electron chi connectivity index (χ1n) is 8.65. The van der Waals surface area contributed by atoms with Gasteiger partial charge in [0.25, 0.3) is 12.3 Å². The molecule has 148 valence electrons. The highest BCUT2D eigenvalue weighted by molar-refractivity contribution is 6.62. The summed E-state index contributed by atoms with van der Waals surface area (Å²) in [5.41, 5.74) is 0.725. The van der Waals surface area contributed by atoms with Gasteiger partial charge in [-0.1, -0.05) is 0 Å². The van der Waals surface area contributed by atoms with Crippen LogP contribution in [0.5, 0.6) is 0 Å². The number of nitrogens with zero attached hydrogens (tertiary/aromatic N) is 3. The molecule has 0 unspecified atom stereocenters. The van der Waals surface area contributed by atoms with Crippen LogP contribution in [-0.4, -0.2) is 32.2 Å². The SMILES string of the molecule is CC1OC(n2nc3c(c2NC(=O)c2ccc(F)cc2)CN(C(=O)Cl)C3(C)C)O1. The monoisotopic (exact) mass is 408 g/mol. The highest BCUT2D eigenvalue weighted by Crippen LogP contribution is 2.44. The van der Waals surface area contributed by atoms with Crippen molar-refractivity contribution in [3.05, 3.63) is 46.9 Å². The highest BCUT2D eigenvalue weighted by Gasteiger charge is 2.46. The number of aromatic nitrogens is 2. The number of carbonyl (C=O) groups is 2. The van der Waals surface area contributed by atoms with E-state index < -0.39 is 35.3 Å². The molecule has 0 spiro atoms. The molecule has 1 aromatic heterocycles. The molecule has 1 saturated heterocycles. The Bertz CT molecular complexity index is 953. The molecule has 0 saturated carbocycles. The first kappa shape index (κ1) is 18.9. The van der Waals surface area contributed by atoms with Crippen LogP contribution in [0.3, 0.4) is 0 Å². The van der Waals surface area contributed by atoms with Gasteiger partial charge < -0.3 is 19.7 Å². The number of rotatable bonds is 3. The average molecular weight is 409 g/mol. The lowest BCUT2D eigenvalue weighted by Crippen LogP contribution is -2.40. The number of nitrogens with one attached hydrogen (secondary N) is 1. The zero-order valence-corrected chi connectivity index (χ0v) is 16.2. The fourth-order valence-electron chi connectivity index (χ4n) is 3.40. The van der Waals surface area contributed by atoms with Crippen molar-refractivity contribution < 1.29 is 23.5 Å². The lowest BCUT2D eigenvalue weighted by molar-refractivity contribution is -0.415. The largest absolute Gasteiger partial charge is 0.317 e. The van der Waals surface area contributed by atoms with E-state index in [4.69, 9.17) is 21.1 Å². The van der Waals surface area contributed by atoms with Gasteiger partial charge in [-0.25, -0.2) is 4.39 Å². The minimum Gasteiger partial charge on any atom is -0.314 e. The number of anilines is 1. The fraction of sp³-hybridized carbons (Fsp3) is 0.389. The minimum atomic E-state index is -0.792. The van der Waals surface area contributed by atoms with Gasteiger partial charge in [-0.3, -0.25) is 9.59 Å². The molecule has 2 aliphatic heterocycles. The number of hydrogen-bond acceptors (Lipinski definition) is 5. The van der Waals surface area contributed by atoms with Crippen LogP contribution in [0.1, 0.15) is 48.8 Å². The second-order valence-corrected chi connectivity index (χ2v) is 7.45. The van der Waals surface area contributed by atoms with Crippen LogP contribution in [0, 0.1) is 5.82 Å². The van der Waals surface area contributed by atoms with Crippen molar-refractivity contribution in [2.75, 3.05) is 5.32 Å². The van der Waals surface area contributed by atoms with E-state index in [1.807, 2.05) is 13.8 Å². The van der Waals surface area contributed by atoms with Crippen molar-refractivity contribution in [2.45, 2.75) is 45.6 Å². The zero-order valence-electron chi connectivity index (χ0n) is 15.4. The lowest BCUT2D eigenvalue weighted by Gasteiger charge is -2.35. The predicted molar refractivity (Wildman–Crippen MR) is 97.1 cm³/mol. The van der Waals surface area contributed by atoms with Gasteiger partial charge in [0.15, 0.2) is 6.29 Å². The molecule has 4 rings (SSSR count). The molecule has 2 amide bonds. The molecule has 28 heavy (non-hydrogen) atoms. The van der Waals surface area contributed by atoms with Crippen molar-refractivity contribution >= 4 is 28.7 Å². The predicted octanol–water partition coefficient (Wildman–Crippen LogP) is 3.53. The van der Waals surface area contributed by atoms with E-state index in [-0.39, 0.29) is 12.1 Å². The minimum absolute atomic E-state index is 0.173. The Labute approximate surface area is 165 Å². The molecule has 1 aromatic carbocycles. The Kier molecular flexibility index (Phi) is 4.40. The summed E-state index contributed by atoms with van der Waals surface area (Å²) in [5.74, 6) is -0.551. The molecule has 8 nitrogen and oxygen atoms in total. The van der Waals surface area contributed by atoms with Gasteiger partial charge in [0.2, 0.25) is 0 Å². The van der Waals surface area contributed by atoms with Crippen LogP contribution >= 0.6 is 11.6 Å². The Hall–Kier alpha value is -2.49. The quantitative estimate of drug-likeness (QED) is 0.620. The third kappa shape index (κ3) is 2.95. The molecule has 2 aromatic rings. The third-order valence-corrected chi connectivity index (χ3v) is 5.15. The molecule has 1 fully saturated rings. The van der Waals surface area contributed by atoms with Gasteiger partial charge in [-0.05, 0) is 56.6 Å². The van der Waals surface area contributed by atoms with Crippen LogP contribution < -0.4 is 5.32 Å². The molecule has 1 N–H and O–H groups in total. The first-order valence-corrected chi connectivity index (χ1v) is 9.03. The third-order valence-electron chi connectivity index (χ3n) is 4.95. The van der Waals surface area contributed by atoms with Crippen LogP contribution in [0.2, 0.25) is 0 Å². The van der Waals surface area contributed by atoms with Gasteiger partial charge in [-0.2, -0.15) is 9.78 Å². The number of hydrogen-bond donors (Lipinski definition) is 1. The number of ether oxygens (including phenoxy) is 2. The Morgan fingerprint density at radius 1 is 1.29 bits per heavy atom. The van der Waals surface area contributed by atoms with E-state index in [1.54, 1.807) is 6.92 Å². The molecule has 0 radical (unpaired) electrons. The van der Waals surface area contributed by atoms with Gasteiger partial charge in [0.1, 0.15) is 11.6 Å². The molecule has 0 bridgehead atoms. The lowest BCUT2D eigenvalue weighted by atomic mass is 10.0. The van der Waals surface area contributed by atoms with Gasteiger partial charge >= 0.3 is 5.37 Å². The van der Waals surface area contributed by atoms with E-state index in [0.29, 0.717) is 17.1 Å². The van der Waals surface area contributed by atoms with Crippen LogP contribution in [-0.2, 0) is 21.6 Å². The summed E-state index contributed by atoms with van der Waals surface area (Å²) in [6, 6.07) is 5.16. The summed E-state index contributed by atoms with van der Waals surface area (Å²) in [5, 5.41) is 6.70. The van der Waals surface area contributed by atoms with Crippen molar-refractivity contribution in [3.63, 3.8) is 0 Å². The molecule has 0 atom stereocenters. The summed E-state index contributed by atoms with van der Waals surface area (Å²) < 4.78 is 25.6. The van der Waals surface area contributed by atoms with E-state index in [0.717, 1.165) is 0 Å². The Morgan fingerprint density at radius 2 is 1.93 bits per heavy atom. The standard InChI is InChI=1S/C18H18ClFN4O4/c1-9-27-17(28-9)24-14(21-15(25)10-4-6-11(20)7-5-10)12-8-23(16(19)26)18(2,3)13(12)22-24/h4-7,9,17H,8H2,1-3H3,(H,21,25). The Morgan fingerprint density at radius 3 is 2.50 bits per heavy atom. The average Bonchev–Trinajstić information content (AvgIpc) is 3.07. The summed E-state index contributed by atoms with van der Waals surface area (Å²) >= 11 is 5.72. The van der Waals surface area contributed by atoms with E-state index in [2.05, 4.69) is 10.4 Å². The smallest absolute Gasteiger partial charge is 0.314 e. The van der Waals surface area contributed by atoms with Crippen LogP contribution in [0.15, 0.2) is 24.3 Å². The number of amides is 2. The molecular formula is C18H18ClFN4O4. The van der Waals surface area contributed by atoms with E-state index in [1.165, 1.54) is 33.8 Å². The maximum Gasteiger partial charge on any atom is 0.317 e. The Balaban J connectivity index is 1.72. The topological polar surface area (TPSA) is 85.7 Å². The summed E-state index contributed by atoms with van der Waals surface area (Å²) in [4.78, 5) is 26.0. The zero-order chi connectivity index (χ0) is 20.2. The number of benzene rings is 1. The molecule has 0 aliphatic carbocycles. The van der Waals surface area contributed by atoms with Crippen LogP contribution in [0.25, 0.3) is 0 Å². The van der Waals surface area contributed by atoms with Crippen molar-refractivity contribution in [1.82, 2.24) is 14.7 Å². The highest BCUT2D eigenvalue weighted by atomic mass is 35.5. The van der Waals surface area contributed by atoms with Gasteiger partial charge in [0, 0.05) is 11.1 Å². The second kappa shape index (κ2) is 6.54. The molecule has 3 heterocycles. The first-order chi connectivity index (χ1) is 13.2. The van der Waals surface area contributed by atoms with Crippen LogP contribution in [0.4, 0.5) is 15.0 Å². The second-order valence-electron chi connectivity index (χ2n) is 7.13. The normalized spacial score (nSPS) is 22.5. The number of carbonyl (C=O) groups excluding carboxylic acids is 2. The summed E-state index contributed by atoms with van der Waals surface area (Å²) in [6.45, 7) is 5.54. The summed E-state index contributed by atoms with van der Waals surface area (Å²) in [6.07, 6.45) is -1.18. The number of halogens is 2. The maximum atomic E-state index is 13.1. The van der Waals surface area contributed by atoms with Crippen molar-refractivity contribution in [2.24, 2.45) is 0 Å². The number of fused-ring (bicyclic) bond motifs is 1. The molecule has 2 aliphatic rings. The fourth-order valence-corrected chi connectivity index (χ4v) is 3.67. The van der Waals surface area contributed by atoms with E-state index in [9.17, 15) is 14.0 Å². The van der Waals surface area contributed by atoms with E-state index >= 15 is 0 Å². The maximum absolute atomic E-state index is 13.1. The van der Waals surface area contributed by atoms with Crippen molar-refractivity contribution in [1.29, 1.82) is 0 Å². The molecular weight excluding hydrogens is 391 g/mol. The summed E-state index contributed by atoms with van der Waals surface area (Å²) in [7, 11) is 0. The van der Waals surface area contributed by atoms with Crippen molar-refractivity contribution in [3.8, 4) is 0 Å².